The van der Waals surface area contributed by atoms with E-state index >= 15 is 8.78 Å². The van der Waals surface area contributed by atoms with Crippen LogP contribution in [0.4, 0.5) is 39.0 Å². The molecule has 2 aliphatic carbocycles. The van der Waals surface area contributed by atoms with E-state index in [0.717, 1.165) is 16.7 Å². The lowest BCUT2D eigenvalue weighted by Crippen LogP contribution is -2.60. The lowest BCUT2D eigenvalue weighted by Gasteiger charge is -2.50. The number of aromatic hydroxyl groups is 1. The van der Waals surface area contributed by atoms with Crippen LogP contribution in [-0.4, -0.2) is 79.0 Å². The van der Waals surface area contributed by atoms with E-state index in [1.165, 1.54) is 26.4 Å². The largest absolute Gasteiger partial charge is 0.507 e. The highest BCUT2D eigenvalue weighted by atomic mass is 35.5. The molecule has 56 heavy (non-hydrogen) atoms. The van der Waals surface area contributed by atoms with Gasteiger partial charge in [-0.3, -0.25) is 24.1 Å². The summed E-state index contributed by atoms with van der Waals surface area (Å²) in [6, 6.07) is 9.17. The molecule has 1 saturated carbocycles. The van der Waals surface area contributed by atoms with E-state index in [1.54, 1.807) is 24.3 Å². The number of phenolic OH excluding ortho intramolecular Hbond substituents is 1. The fourth-order valence-corrected chi connectivity index (χ4v) is 9.86. The molecule has 3 aliphatic heterocycles. The number of phenols is 1. The van der Waals surface area contributed by atoms with E-state index < -0.39 is 104 Å². The van der Waals surface area contributed by atoms with Crippen LogP contribution in [0.1, 0.15) is 24.3 Å². The van der Waals surface area contributed by atoms with Crippen LogP contribution in [-0.2, 0) is 23.9 Å². The smallest absolute Gasteiger partial charge is 0.258 e. The Morgan fingerprint density at radius 3 is 2.00 bits per heavy atom. The summed E-state index contributed by atoms with van der Waals surface area (Å²) in [4.78, 5) is 54.9. The average molecular weight is 823 g/mol. The fraction of sp³-hybridized carbons (Fsp3) is 0.368. The number of ether oxygens (including phenoxy) is 3. The van der Waals surface area contributed by atoms with E-state index in [-0.39, 0.29) is 39.6 Å². The number of hydrogen-bond donors (Lipinski definition) is 1. The molecule has 3 aromatic rings. The number of halogens is 7. The number of benzene rings is 3. The molecule has 18 heteroatoms. The van der Waals surface area contributed by atoms with Crippen molar-refractivity contribution in [3.8, 4) is 17.2 Å². The van der Waals surface area contributed by atoms with Crippen LogP contribution in [0.25, 0.3) is 0 Å². The molecular weight excluding hydrogens is 792 g/mol. The molecule has 0 unspecified atom stereocenters. The van der Waals surface area contributed by atoms with Gasteiger partial charge in [-0.1, -0.05) is 11.6 Å². The highest BCUT2D eigenvalue weighted by molar-refractivity contribution is 6.58. The van der Waals surface area contributed by atoms with Crippen molar-refractivity contribution >= 4 is 63.9 Å². The Morgan fingerprint density at radius 1 is 0.786 bits per heavy atom. The number of carbonyl (C=O) groups is 4. The second kappa shape index (κ2) is 13.3. The quantitative estimate of drug-likeness (QED) is 0.0832. The van der Waals surface area contributed by atoms with Crippen molar-refractivity contribution < 1.29 is 60.4 Å². The number of imide groups is 2. The summed E-state index contributed by atoms with van der Waals surface area (Å²) in [5.74, 6) is -23.0. The number of morpholine rings is 1. The van der Waals surface area contributed by atoms with Gasteiger partial charge in [-0.05, 0) is 43.0 Å². The third kappa shape index (κ3) is 5.03. The van der Waals surface area contributed by atoms with Crippen molar-refractivity contribution in [3.63, 3.8) is 0 Å². The standard InChI is InChI=1S/C38H30Cl2F5N3O8/c1-54-18-13-22(49)25(23(14-18)55-2)26-19-7-8-20-24(34(51)47(33(20)50)17-5-3-16(4-6-17)46-9-11-56-12-10-46)21(19)15-37(39)35(52)48(36(53)38(26,37)40)32-30(44)28(42)27(41)29(43)31(32)45/h3-7,13-14,20-21,24,26,49H,8-12,15H2,1-2H3/t20-,21+,24-,26+,37+,38-/m0/s1. The first-order valence-corrected chi connectivity index (χ1v) is 18.1. The van der Waals surface area contributed by atoms with Crippen molar-refractivity contribution in [1.82, 2.24) is 0 Å². The summed E-state index contributed by atoms with van der Waals surface area (Å²) >= 11 is 14.4. The van der Waals surface area contributed by atoms with Crippen LogP contribution in [0.5, 0.6) is 17.2 Å². The molecule has 4 amide bonds. The van der Waals surface area contributed by atoms with Gasteiger partial charge in [0.25, 0.3) is 11.8 Å². The van der Waals surface area contributed by atoms with Gasteiger partial charge in [0, 0.05) is 42.4 Å². The second-order valence-electron chi connectivity index (χ2n) is 14.1. The van der Waals surface area contributed by atoms with Crippen molar-refractivity contribution in [2.24, 2.45) is 17.8 Å². The Labute approximate surface area is 325 Å². The van der Waals surface area contributed by atoms with E-state index in [2.05, 4.69) is 4.90 Å². The molecule has 3 saturated heterocycles. The first-order chi connectivity index (χ1) is 26.6. The molecule has 1 N–H and O–H groups in total. The van der Waals surface area contributed by atoms with Crippen LogP contribution < -0.4 is 24.2 Å². The molecule has 5 aliphatic rings. The predicted molar refractivity (Wildman–Crippen MR) is 190 cm³/mol. The lowest BCUT2D eigenvalue weighted by molar-refractivity contribution is -0.125. The number of methoxy groups -OCH3 is 2. The Balaban J connectivity index is 1.28. The van der Waals surface area contributed by atoms with Gasteiger partial charge in [-0.2, -0.15) is 0 Å². The minimum absolute atomic E-state index is 0.0672. The molecule has 11 nitrogen and oxygen atoms in total. The number of allylic oxidation sites excluding steroid dienone is 2. The fourth-order valence-electron chi connectivity index (χ4n) is 8.94. The first kappa shape index (κ1) is 38.0. The Bertz CT molecular complexity index is 2240. The normalized spacial score (nSPS) is 28.7. The molecule has 0 bridgehead atoms. The van der Waals surface area contributed by atoms with Gasteiger partial charge < -0.3 is 24.2 Å². The maximum atomic E-state index is 15.4. The molecule has 4 fully saturated rings. The molecule has 3 heterocycles. The van der Waals surface area contributed by atoms with Crippen LogP contribution >= 0.6 is 23.2 Å². The van der Waals surface area contributed by atoms with E-state index in [0.29, 0.717) is 26.3 Å². The highest BCUT2D eigenvalue weighted by Gasteiger charge is 2.77. The summed E-state index contributed by atoms with van der Waals surface area (Å²) in [5.41, 5.74) is -0.945. The van der Waals surface area contributed by atoms with Crippen molar-refractivity contribution in [2.75, 3.05) is 55.2 Å². The van der Waals surface area contributed by atoms with Gasteiger partial charge in [0.15, 0.2) is 33.0 Å². The van der Waals surface area contributed by atoms with Crippen LogP contribution in [0.2, 0.25) is 0 Å². The van der Waals surface area contributed by atoms with Gasteiger partial charge in [0.05, 0.1) is 45.0 Å². The summed E-state index contributed by atoms with van der Waals surface area (Å²) in [6.07, 6.45) is 0.722. The maximum absolute atomic E-state index is 15.4. The molecule has 0 radical (unpaired) electrons. The van der Waals surface area contributed by atoms with E-state index in [1.807, 2.05) is 0 Å². The molecule has 0 spiro atoms. The van der Waals surface area contributed by atoms with Gasteiger partial charge >= 0.3 is 0 Å². The minimum Gasteiger partial charge on any atom is -0.507 e. The number of fused-ring (bicyclic) bond motifs is 4. The van der Waals surface area contributed by atoms with Crippen LogP contribution in [0.3, 0.4) is 0 Å². The summed E-state index contributed by atoms with van der Waals surface area (Å²) in [7, 11) is 2.48. The van der Waals surface area contributed by atoms with Gasteiger partial charge in [0.1, 0.15) is 22.9 Å². The zero-order chi connectivity index (χ0) is 40.2. The van der Waals surface area contributed by atoms with Crippen molar-refractivity contribution in [1.29, 1.82) is 0 Å². The molecule has 6 atom stereocenters. The Hall–Kier alpha value is -4.93. The molecule has 8 rings (SSSR count). The number of nitrogens with zero attached hydrogens (tertiary/aromatic N) is 3. The molecule has 294 valence electrons. The van der Waals surface area contributed by atoms with Crippen LogP contribution in [0, 0.1) is 46.8 Å². The topological polar surface area (TPSA) is 126 Å². The number of rotatable bonds is 6. The third-order valence-corrected chi connectivity index (χ3v) is 13.0. The zero-order valence-corrected chi connectivity index (χ0v) is 30.9. The van der Waals surface area contributed by atoms with Crippen LogP contribution in [0.15, 0.2) is 48.0 Å². The van der Waals surface area contributed by atoms with Crippen molar-refractivity contribution in [2.45, 2.75) is 28.5 Å². The average Bonchev–Trinajstić information content (AvgIpc) is 3.54. The summed E-state index contributed by atoms with van der Waals surface area (Å²) < 4.78 is 90.3. The molecule has 0 aromatic heterocycles. The van der Waals surface area contributed by atoms with Gasteiger partial charge in [0.2, 0.25) is 17.6 Å². The predicted octanol–water partition coefficient (Wildman–Crippen LogP) is 5.71. The Morgan fingerprint density at radius 2 is 1.39 bits per heavy atom. The molecule has 3 aromatic carbocycles. The number of anilines is 3. The second-order valence-corrected chi connectivity index (χ2v) is 15.3. The number of carbonyl (C=O) groups excluding carboxylic acids is 4. The highest BCUT2D eigenvalue weighted by Crippen LogP contribution is 2.67. The number of hydrogen-bond acceptors (Lipinski definition) is 9. The molecular formula is C38H30Cl2F5N3O8. The lowest BCUT2D eigenvalue weighted by atomic mass is 9.56. The third-order valence-electron chi connectivity index (χ3n) is 11.5. The van der Waals surface area contributed by atoms with Crippen molar-refractivity contribution in [3.05, 3.63) is 82.7 Å². The first-order valence-electron chi connectivity index (χ1n) is 17.4. The van der Waals surface area contributed by atoms with E-state index in [4.69, 9.17) is 37.4 Å². The monoisotopic (exact) mass is 821 g/mol. The maximum Gasteiger partial charge on any atom is 0.258 e. The van der Waals surface area contributed by atoms with E-state index in [9.17, 15) is 37.5 Å². The summed E-state index contributed by atoms with van der Waals surface area (Å²) in [5, 5.41) is 11.5. The number of alkyl halides is 2. The summed E-state index contributed by atoms with van der Waals surface area (Å²) in [6.45, 7) is 2.35. The van der Waals surface area contributed by atoms with Gasteiger partial charge in [-0.15, -0.1) is 23.2 Å². The zero-order valence-electron chi connectivity index (χ0n) is 29.4. The Kier molecular flexibility index (Phi) is 9.04. The number of amides is 4. The minimum atomic E-state index is -2.86. The SMILES string of the molecule is COc1cc(O)c([C@H]2C3=CC[C@@H]4C(=O)N(c5ccc(N6CCOCC6)cc5)C(=O)[C@@H]4[C@@H]3C[C@@]3(Cl)C(=O)N(c4c(F)c(F)c(F)c(F)c4F)C(=O)[C@@]23Cl)c(OC)c1. The van der Waals surface area contributed by atoms with Gasteiger partial charge in [-0.25, -0.2) is 26.9 Å².